The lowest BCUT2D eigenvalue weighted by atomic mass is 10.4. The van der Waals surface area contributed by atoms with Crippen molar-refractivity contribution in [2.24, 2.45) is 0 Å². The number of ether oxygens (including phenoxy) is 1. The van der Waals surface area contributed by atoms with Gasteiger partial charge in [0.25, 0.3) is 0 Å². The van der Waals surface area contributed by atoms with E-state index in [4.69, 9.17) is 0 Å². The number of methoxy groups -OCH3 is 1. The van der Waals surface area contributed by atoms with Gasteiger partial charge in [-0.05, 0) is 46.9 Å². The lowest BCUT2D eigenvalue weighted by Gasteiger charge is -2.10. The minimum absolute atomic E-state index is 0.0694. The van der Waals surface area contributed by atoms with E-state index in [9.17, 15) is 18.3 Å². The molecule has 100 valence electrons. The summed E-state index contributed by atoms with van der Waals surface area (Å²) in [5, 5.41) is 9.27. The number of aliphatic hydroxyl groups is 1. The Hall–Kier alpha value is -0.710. The first-order chi connectivity index (χ1) is 8.36. The quantitative estimate of drug-likeness (QED) is 0.554. The van der Waals surface area contributed by atoms with E-state index in [-0.39, 0.29) is 4.90 Å². The molecule has 0 aliphatic rings. The van der Waals surface area contributed by atoms with Crippen LogP contribution in [0.5, 0.6) is 0 Å². The highest BCUT2D eigenvalue weighted by Gasteiger charge is 2.20. The fraction of sp³-hybridized carbons (Fsp3) is 0.300. The summed E-state index contributed by atoms with van der Waals surface area (Å²) in [5.41, 5.74) is 0. The third-order valence-corrected chi connectivity index (χ3v) is 4.22. The SMILES string of the molecule is COC(=O)C(O)CNS(=O)(=O)c1ccc(I)cc1. The molecule has 1 rings (SSSR count). The molecule has 1 unspecified atom stereocenters. The lowest BCUT2D eigenvalue weighted by Crippen LogP contribution is -2.37. The van der Waals surface area contributed by atoms with Gasteiger partial charge in [0.1, 0.15) is 0 Å². The van der Waals surface area contributed by atoms with Crippen LogP contribution in [0.1, 0.15) is 0 Å². The third-order valence-electron chi connectivity index (χ3n) is 2.06. The predicted octanol–water partition coefficient (Wildman–Crippen LogP) is 0.103. The van der Waals surface area contributed by atoms with Gasteiger partial charge in [-0.2, -0.15) is 0 Å². The molecule has 8 heteroatoms. The Morgan fingerprint density at radius 3 is 2.50 bits per heavy atom. The molecule has 18 heavy (non-hydrogen) atoms. The topological polar surface area (TPSA) is 92.7 Å². The van der Waals surface area contributed by atoms with Crippen LogP contribution in [0.25, 0.3) is 0 Å². The smallest absolute Gasteiger partial charge is 0.336 e. The van der Waals surface area contributed by atoms with Crippen molar-refractivity contribution in [1.82, 2.24) is 4.72 Å². The van der Waals surface area contributed by atoms with Gasteiger partial charge in [0.15, 0.2) is 6.10 Å². The number of carbonyl (C=O) groups is 1. The van der Waals surface area contributed by atoms with Crippen LogP contribution in [-0.2, 0) is 19.6 Å². The van der Waals surface area contributed by atoms with Crippen LogP contribution >= 0.6 is 22.6 Å². The van der Waals surface area contributed by atoms with E-state index in [0.717, 1.165) is 10.7 Å². The normalized spacial score (nSPS) is 13.1. The van der Waals surface area contributed by atoms with Crippen molar-refractivity contribution in [2.45, 2.75) is 11.0 Å². The van der Waals surface area contributed by atoms with Gasteiger partial charge in [-0.25, -0.2) is 17.9 Å². The largest absolute Gasteiger partial charge is 0.467 e. The number of aliphatic hydroxyl groups excluding tert-OH is 1. The zero-order chi connectivity index (χ0) is 13.8. The number of halogens is 1. The second-order valence-corrected chi connectivity index (χ2v) is 6.36. The summed E-state index contributed by atoms with van der Waals surface area (Å²) >= 11 is 2.05. The van der Waals surface area contributed by atoms with E-state index in [1.54, 1.807) is 12.1 Å². The Morgan fingerprint density at radius 1 is 1.44 bits per heavy atom. The zero-order valence-corrected chi connectivity index (χ0v) is 12.4. The summed E-state index contributed by atoms with van der Waals surface area (Å²) in [4.78, 5) is 11.0. The van der Waals surface area contributed by atoms with E-state index in [1.807, 2.05) is 0 Å². The first-order valence-corrected chi connectivity index (χ1v) is 7.44. The number of hydrogen-bond acceptors (Lipinski definition) is 5. The molecule has 1 aromatic carbocycles. The molecule has 0 bridgehead atoms. The van der Waals surface area contributed by atoms with Gasteiger partial charge in [-0.15, -0.1) is 0 Å². The molecule has 0 amide bonds. The van der Waals surface area contributed by atoms with Gasteiger partial charge in [0.2, 0.25) is 10.0 Å². The zero-order valence-electron chi connectivity index (χ0n) is 9.46. The maximum atomic E-state index is 11.8. The molecule has 6 nitrogen and oxygen atoms in total. The van der Waals surface area contributed by atoms with Gasteiger partial charge < -0.3 is 9.84 Å². The molecule has 2 N–H and O–H groups in total. The Kier molecular flexibility index (Phi) is 5.50. The fourth-order valence-electron chi connectivity index (χ4n) is 1.11. The van der Waals surface area contributed by atoms with Crippen LogP contribution in [-0.4, -0.2) is 39.3 Å². The standard InChI is InChI=1S/C10H12INO5S/c1-17-10(14)9(13)6-12-18(15,16)8-4-2-7(11)3-5-8/h2-5,9,12-13H,6H2,1H3. The second kappa shape index (κ2) is 6.45. The van der Waals surface area contributed by atoms with Gasteiger partial charge in [-0.1, -0.05) is 0 Å². The fourth-order valence-corrected chi connectivity index (χ4v) is 2.50. The number of rotatable bonds is 5. The van der Waals surface area contributed by atoms with Crippen molar-refractivity contribution in [3.05, 3.63) is 27.8 Å². The summed E-state index contributed by atoms with van der Waals surface area (Å²) < 4.78 is 30.9. The Morgan fingerprint density at radius 2 is 2.00 bits per heavy atom. The molecule has 0 aliphatic carbocycles. The van der Waals surface area contributed by atoms with Crippen molar-refractivity contribution >= 4 is 38.6 Å². The number of hydrogen-bond donors (Lipinski definition) is 2. The number of sulfonamides is 1. The van der Waals surface area contributed by atoms with Crippen LogP contribution in [0.3, 0.4) is 0 Å². The molecule has 1 atom stereocenters. The van der Waals surface area contributed by atoms with E-state index in [2.05, 4.69) is 32.0 Å². The summed E-state index contributed by atoms with van der Waals surface area (Å²) in [6.07, 6.45) is -1.52. The van der Waals surface area contributed by atoms with Crippen LogP contribution in [0, 0.1) is 3.57 Å². The van der Waals surface area contributed by atoms with E-state index < -0.39 is 28.6 Å². The Balaban J connectivity index is 2.71. The van der Waals surface area contributed by atoms with E-state index in [1.165, 1.54) is 12.1 Å². The summed E-state index contributed by atoms with van der Waals surface area (Å²) in [7, 11) is -2.62. The van der Waals surface area contributed by atoms with Crippen molar-refractivity contribution in [2.75, 3.05) is 13.7 Å². The van der Waals surface area contributed by atoms with Gasteiger partial charge >= 0.3 is 5.97 Å². The Bertz CT molecular complexity index is 514. The highest BCUT2D eigenvalue weighted by Crippen LogP contribution is 2.11. The number of benzene rings is 1. The van der Waals surface area contributed by atoms with Crippen LogP contribution in [0.15, 0.2) is 29.2 Å². The molecule has 1 aromatic rings. The van der Waals surface area contributed by atoms with Crippen molar-refractivity contribution < 1.29 is 23.1 Å². The average Bonchev–Trinajstić information content (AvgIpc) is 2.35. The molecule has 0 heterocycles. The average molecular weight is 385 g/mol. The third kappa shape index (κ3) is 4.19. The summed E-state index contributed by atoms with van der Waals surface area (Å²) in [6, 6.07) is 6.17. The number of esters is 1. The van der Waals surface area contributed by atoms with Crippen LogP contribution in [0.2, 0.25) is 0 Å². The molecule has 0 spiro atoms. The van der Waals surface area contributed by atoms with E-state index >= 15 is 0 Å². The van der Waals surface area contributed by atoms with Gasteiger partial charge in [0, 0.05) is 10.1 Å². The van der Waals surface area contributed by atoms with Crippen LogP contribution < -0.4 is 4.72 Å². The minimum Gasteiger partial charge on any atom is -0.467 e. The minimum atomic E-state index is -3.73. The Labute approximate surface area is 119 Å². The first kappa shape index (κ1) is 15.3. The molecule has 0 radical (unpaired) electrons. The van der Waals surface area contributed by atoms with E-state index in [0.29, 0.717) is 0 Å². The molecule has 0 fully saturated rings. The monoisotopic (exact) mass is 385 g/mol. The molecular weight excluding hydrogens is 373 g/mol. The van der Waals surface area contributed by atoms with Gasteiger partial charge in [-0.3, -0.25) is 0 Å². The molecule has 0 aliphatic heterocycles. The molecule has 0 aromatic heterocycles. The highest BCUT2D eigenvalue weighted by molar-refractivity contribution is 14.1. The van der Waals surface area contributed by atoms with Gasteiger partial charge in [0.05, 0.1) is 12.0 Å². The predicted molar refractivity (Wildman–Crippen MR) is 72.4 cm³/mol. The van der Waals surface area contributed by atoms with Crippen molar-refractivity contribution in [1.29, 1.82) is 0 Å². The lowest BCUT2D eigenvalue weighted by molar-refractivity contribution is -0.149. The molecule has 0 saturated heterocycles. The summed E-state index contributed by atoms with van der Waals surface area (Å²) in [5.74, 6) is -0.889. The maximum absolute atomic E-state index is 11.8. The molecular formula is C10H12INO5S. The van der Waals surface area contributed by atoms with Crippen LogP contribution in [0.4, 0.5) is 0 Å². The second-order valence-electron chi connectivity index (χ2n) is 3.34. The number of nitrogens with one attached hydrogen (secondary N) is 1. The molecule has 0 saturated carbocycles. The maximum Gasteiger partial charge on any atom is 0.336 e. The van der Waals surface area contributed by atoms with Crippen molar-refractivity contribution in [3.8, 4) is 0 Å². The number of carbonyl (C=O) groups excluding carboxylic acids is 1. The summed E-state index contributed by atoms with van der Waals surface area (Å²) in [6.45, 7) is -0.430. The highest BCUT2D eigenvalue weighted by atomic mass is 127. The van der Waals surface area contributed by atoms with Crippen molar-refractivity contribution in [3.63, 3.8) is 0 Å². The first-order valence-electron chi connectivity index (χ1n) is 4.88.